The molecule has 8 fully saturated rings. The van der Waals surface area contributed by atoms with Crippen molar-refractivity contribution in [1.29, 1.82) is 5.26 Å². The molecule has 0 radical (unpaired) electrons. The standard InChI is InChI=1S/C24H29ClN4O4.C24H27ClN4O3.C22H30N4O5.C14H24N4O3.C10H7ClO2/c25-18-6-5-14-9-17(10-16(14)11-18)23(32)29-20(8-13-3-4-13)24(33)28-19(21(26)30)12-15-2-1-7-27-22(15)31;25-19-6-5-15-9-18(10-17(15)11-19)23(31)29-21(8-14-3-4-14)24(32)28-20(13-26)12-16-2-1-7-27-22(16)30;23-19(27)17(12-16-7-4-10-24-20(16)28)25-21(29)18(11-14-8-9-14)26-22(30)31-13-15-5-2-1-3-6-15;15-10(6-8-3-4-8)14(21)18-11(12(16)19)7-9-2-1-5-17-13(9)20;11-9-2-1-6-3-8(10(12)13)4-7(6)5-9/h5-6,9,11,13,15,19-20H,1-4,7-8,10,12H2,(H2,26,30)(H,27,31)(H,28,33)(H,29,32);5-6,9,11,14,16,20-21H,1-4,7-8,10,12H2,(H,27,30)(H,28,32)(H,29,31);1-3,5-6,14,16-18H,4,7-13H2,(H2,23,27)(H,24,28)(H,25,29)(H,26,30);8-11H,1-7,15H2,(H2,16,19)(H,17,20)(H,18,21);1-3,5H,4H2,(H,12,13)/t15-,19-,20-;16-,20-,21-;16-,17-,18-;9-,10-,11-;/m0000./s1. The van der Waals surface area contributed by atoms with Gasteiger partial charge in [-0.05, 0) is 220 Å². The van der Waals surface area contributed by atoms with E-state index in [9.17, 15) is 77.2 Å². The molecule has 4 aliphatic heterocycles. The fourth-order valence-electron chi connectivity index (χ4n) is 16.7. The highest BCUT2D eigenvalue weighted by molar-refractivity contribution is 6.31. The van der Waals surface area contributed by atoms with Crippen LogP contribution in [0.3, 0.4) is 0 Å². The Balaban J connectivity index is 0.000000161. The van der Waals surface area contributed by atoms with E-state index in [1.807, 2.05) is 72.8 Å². The monoisotopic (exact) mass is 1850 g/mol. The normalized spacial score (nSPS) is 20.9. The number of piperidine rings is 4. The van der Waals surface area contributed by atoms with Crippen LogP contribution in [0.2, 0.25) is 15.1 Å². The van der Waals surface area contributed by atoms with Crippen molar-refractivity contribution >= 4 is 142 Å². The number of nitriles is 1. The number of carbonyl (C=O) groups excluding carboxylic acids is 14. The molecule has 4 saturated heterocycles. The molecule has 14 amide bonds. The van der Waals surface area contributed by atoms with Crippen LogP contribution in [0.4, 0.5) is 4.79 Å². The number of carboxylic acid groups (broad SMARTS) is 1. The lowest BCUT2D eigenvalue weighted by atomic mass is 9.91. The number of hydrogen-bond acceptors (Lipinski definition) is 18. The molecule has 0 spiro atoms. The highest BCUT2D eigenvalue weighted by Crippen LogP contribution is 2.38. The first-order valence-electron chi connectivity index (χ1n) is 44.9. The Bertz CT molecular complexity index is 5010. The maximum Gasteiger partial charge on any atom is 0.408 e. The van der Waals surface area contributed by atoms with E-state index in [1.165, 1.54) is 0 Å². The molecule has 33 nitrogen and oxygen atoms in total. The number of nitrogens with zero attached hydrogens (tertiary/aromatic N) is 1. The van der Waals surface area contributed by atoms with Crippen LogP contribution in [0.1, 0.15) is 193 Å². The Hall–Kier alpha value is -11.7. The van der Waals surface area contributed by atoms with E-state index in [-0.39, 0.29) is 103 Å². The van der Waals surface area contributed by atoms with Gasteiger partial charge in [-0.2, -0.15) is 5.26 Å². The van der Waals surface area contributed by atoms with E-state index in [0.29, 0.717) is 152 Å². The molecule has 20 N–H and O–H groups in total. The van der Waals surface area contributed by atoms with Crippen molar-refractivity contribution in [3.05, 3.63) is 156 Å². The Morgan fingerprint density at radius 3 is 1.08 bits per heavy atom. The van der Waals surface area contributed by atoms with Crippen molar-refractivity contribution in [2.45, 2.75) is 228 Å². The van der Waals surface area contributed by atoms with Crippen LogP contribution in [0, 0.1) is 58.7 Å². The van der Waals surface area contributed by atoms with Gasteiger partial charge in [0.25, 0.3) is 0 Å². The molecular weight excluding hydrogens is 1730 g/mol. The van der Waals surface area contributed by atoms with E-state index in [0.717, 1.165) is 116 Å². The number of rotatable bonds is 35. The molecule has 4 saturated carbocycles. The molecule has 36 heteroatoms. The maximum atomic E-state index is 13.1. The molecule has 12 atom stereocenters. The molecule has 0 bridgehead atoms. The number of hydrogen-bond donors (Lipinski definition) is 16. The summed E-state index contributed by atoms with van der Waals surface area (Å²) in [4.78, 5) is 183. The quantitative estimate of drug-likeness (QED) is 0.0241. The van der Waals surface area contributed by atoms with E-state index >= 15 is 0 Å². The smallest absolute Gasteiger partial charge is 0.408 e. The number of primary amides is 3. The van der Waals surface area contributed by atoms with Crippen LogP contribution >= 0.6 is 34.8 Å². The lowest BCUT2D eigenvalue weighted by molar-refractivity contribution is -0.133. The van der Waals surface area contributed by atoms with Gasteiger partial charge in [-0.15, -0.1) is 0 Å². The predicted molar refractivity (Wildman–Crippen MR) is 484 cm³/mol. The molecule has 4 heterocycles. The van der Waals surface area contributed by atoms with Crippen LogP contribution < -0.4 is 81.4 Å². The lowest BCUT2D eigenvalue weighted by Gasteiger charge is -2.27. The van der Waals surface area contributed by atoms with Crippen LogP contribution in [-0.2, 0) is 97.7 Å². The van der Waals surface area contributed by atoms with Gasteiger partial charge in [0.2, 0.25) is 76.8 Å². The summed E-state index contributed by atoms with van der Waals surface area (Å²) in [6.45, 7) is 2.63. The minimum Gasteiger partial charge on any atom is -0.478 e. The second kappa shape index (κ2) is 47.7. The van der Waals surface area contributed by atoms with Crippen LogP contribution in [0.5, 0.6) is 0 Å². The molecule has 0 aromatic heterocycles. The average Bonchev–Trinajstić information content (AvgIpc) is 1.67. The van der Waals surface area contributed by atoms with Crippen molar-refractivity contribution in [2.75, 3.05) is 26.2 Å². The second-order valence-electron chi connectivity index (χ2n) is 35.6. The molecule has 11 aliphatic rings. The molecule has 4 aromatic carbocycles. The third-order valence-electron chi connectivity index (χ3n) is 24.9. The molecule has 130 heavy (non-hydrogen) atoms. The number of ether oxygens (including phenoxy) is 1. The summed E-state index contributed by atoms with van der Waals surface area (Å²) in [5, 5.41) is 50.3. The number of alkyl carbamates (subject to hydrolysis) is 1. The third kappa shape index (κ3) is 31.3. The number of carboxylic acids is 1. The van der Waals surface area contributed by atoms with E-state index in [2.05, 4.69) is 64.6 Å². The summed E-state index contributed by atoms with van der Waals surface area (Å²) in [7, 11) is 0. The second-order valence-corrected chi connectivity index (χ2v) is 36.9. The number of benzene rings is 4. The van der Waals surface area contributed by atoms with E-state index in [1.54, 1.807) is 30.4 Å². The maximum absolute atomic E-state index is 13.1. The number of nitrogens with two attached hydrogens (primary N) is 4. The Morgan fingerprint density at radius 1 is 0.408 bits per heavy atom. The minimum atomic E-state index is -0.981. The fraction of sp³-hybridized carbons (Fsp3) is 0.511. The first-order chi connectivity index (χ1) is 62.3. The zero-order valence-electron chi connectivity index (χ0n) is 72.5. The molecular formula is C94H117Cl3N16O17. The van der Waals surface area contributed by atoms with Gasteiger partial charge in [0, 0.05) is 101 Å². The summed E-state index contributed by atoms with van der Waals surface area (Å²) in [5.74, 6) is -5.21. The van der Waals surface area contributed by atoms with Crippen molar-refractivity contribution in [3.8, 4) is 6.07 Å². The first kappa shape index (κ1) is 98.9. The average molecular weight is 1850 g/mol. The van der Waals surface area contributed by atoms with Gasteiger partial charge in [0.05, 0.1) is 12.1 Å². The number of nitrogens with one attached hydrogen (secondary N) is 11. The number of amides is 14. The summed E-state index contributed by atoms with van der Waals surface area (Å²) in [5.41, 5.74) is 30.4. The summed E-state index contributed by atoms with van der Waals surface area (Å²) in [6.07, 6.45) is 23.3. The largest absolute Gasteiger partial charge is 0.478 e. The highest BCUT2D eigenvalue weighted by Gasteiger charge is 2.40. The Morgan fingerprint density at radius 2 is 0.738 bits per heavy atom. The fourth-order valence-corrected chi connectivity index (χ4v) is 17.3. The number of carbonyl (C=O) groups is 15. The van der Waals surface area contributed by atoms with Crippen LogP contribution in [-0.4, -0.2) is 168 Å². The van der Waals surface area contributed by atoms with Crippen molar-refractivity contribution in [1.82, 2.24) is 58.5 Å². The zero-order chi connectivity index (χ0) is 93.2. The van der Waals surface area contributed by atoms with Gasteiger partial charge in [0.1, 0.15) is 48.9 Å². The van der Waals surface area contributed by atoms with Gasteiger partial charge < -0.3 is 91.3 Å². The number of aliphatic carboxylic acids is 1. The Kier molecular flexibility index (Phi) is 36.3. The first-order valence-corrected chi connectivity index (χ1v) is 46.1. The molecule has 15 rings (SSSR count). The highest BCUT2D eigenvalue weighted by atomic mass is 35.5. The van der Waals surface area contributed by atoms with Gasteiger partial charge in [-0.3, -0.25) is 62.3 Å². The SMILES string of the molecule is N#C[C@H](C[C@@H]1CCCNC1=O)NC(=O)[C@H](CC1CC1)NC(=O)C1=Cc2ccc(Cl)cc2C1.NC(=O)[C@H](C[C@@H]1CCCNC1=O)NC(=O)[C@@H](N)CC1CC1.NC(=O)[C@H](C[C@@H]1CCCNC1=O)NC(=O)[C@H](CC1CC1)NC(=O)C1=Cc2ccc(Cl)cc2C1.NC(=O)[C@H](C[C@@H]1CCCNC1=O)NC(=O)[C@H](CC1CC1)NC(=O)OCc1ccccc1.O=C(O)C1=Cc2ccc(Cl)cc2C1. The number of halogens is 3. The van der Waals surface area contributed by atoms with Gasteiger partial charge in [-0.25, -0.2) is 9.59 Å². The zero-order valence-corrected chi connectivity index (χ0v) is 74.8. The molecule has 696 valence electrons. The summed E-state index contributed by atoms with van der Waals surface area (Å²) in [6, 6.07) is 21.2. The third-order valence-corrected chi connectivity index (χ3v) is 25.6. The van der Waals surface area contributed by atoms with Crippen LogP contribution in [0.25, 0.3) is 18.2 Å². The molecule has 4 aromatic rings. The van der Waals surface area contributed by atoms with E-state index < -0.39 is 89.9 Å². The predicted octanol–water partition coefficient (Wildman–Crippen LogP) is 6.27. The van der Waals surface area contributed by atoms with Gasteiger partial charge in [-0.1, -0.05) is 135 Å². The van der Waals surface area contributed by atoms with E-state index in [4.69, 9.17) is 67.6 Å². The van der Waals surface area contributed by atoms with Gasteiger partial charge in [0.15, 0.2) is 0 Å². The summed E-state index contributed by atoms with van der Waals surface area (Å²) < 4.78 is 5.22. The summed E-state index contributed by atoms with van der Waals surface area (Å²) >= 11 is 17.9. The minimum absolute atomic E-state index is 0.0681. The van der Waals surface area contributed by atoms with Crippen LogP contribution in [0.15, 0.2) is 102 Å². The Labute approximate surface area is 769 Å². The van der Waals surface area contributed by atoms with Crippen molar-refractivity contribution < 1.29 is 81.8 Å². The lowest BCUT2D eigenvalue weighted by Crippen LogP contribution is -2.54. The molecule has 0 unspecified atom stereocenters. The molecule has 7 aliphatic carbocycles. The van der Waals surface area contributed by atoms with Gasteiger partial charge >= 0.3 is 12.1 Å². The topological polar surface area (TPSA) is 546 Å². The van der Waals surface area contributed by atoms with Crippen molar-refractivity contribution in [3.63, 3.8) is 0 Å². The number of fused-ring (bicyclic) bond motifs is 3. The van der Waals surface area contributed by atoms with Crippen molar-refractivity contribution in [2.24, 2.45) is 70.3 Å².